The molecular weight excluding hydrogens is 368 g/mol. The van der Waals surface area contributed by atoms with Crippen molar-refractivity contribution in [3.8, 4) is 0 Å². The van der Waals surface area contributed by atoms with Crippen molar-refractivity contribution in [3.63, 3.8) is 0 Å². The summed E-state index contributed by atoms with van der Waals surface area (Å²) in [6, 6.07) is 1.55. The number of amides is 1. The summed E-state index contributed by atoms with van der Waals surface area (Å²) in [7, 11) is -0.740. The number of nitrogens with zero attached hydrogens (tertiary/aromatic N) is 1. The number of aryl methyl sites for hydroxylation is 1. The second-order valence-electron chi connectivity index (χ2n) is 4.07. The van der Waals surface area contributed by atoms with Crippen LogP contribution in [0.15, 0.2) is 14.7 Å². The molecule has 6 nitrogen and oxygen atoms in total. The van der Waals surface area contributed by atoms with Gasteiger partial charge in [-0.3, -0.25) is 4.79 Å². The summed E-state index contributed by atoms with van der Waals surface area (Å²) in [6.07, 6.45) is 0. The third-order valence-corrected chi connectivity index (χ3v) is 6.14. The lowest BCUT2D eigenvalue weighted by Gasteiger charge is -2.16. The molecule has 0 atom stereocenters. The molecule has 0 saturated carbocycles. The van der Waals surface area contributed by atoms with Crippen molar-refractivity contribution in [1.29, 1.82) is 0 Å². The van der Waals surface area contributed by atoms with Gasteiger partial charge in [0.2, 0.25) is 15.9 Å². The van der Waals surface area contributed by atoms with Crippen molar-refractivity contribution in [2.24, 2.45) is 0 Å². The maximum absolute atomic E-state index is 12.3. The second-order valence-corrected chi connectivity index (χ2v) is 8.72. The molecule has 0 aromatic carbocycles. The highest BCUT2D eigenvalue weighted by atomic mass is 79.9. The van der Waals surface area contributed by atoms with Gasteiger partial charge in [0.1, 0.15) is 0 Å². The van der Waals surface area contributed by atoms with E-state index in [-0.39, 0.29) is 17.3 Å². The van der Waals surface area contributed by atoms with Crippen LogP contribution < -0.4 is 5.32 Å². The Balaban J connectivity index is 2.73. The number of nitrogens with one attached hydrogen (secondary N) is 1. The normalized spacial score (nSPS) is 11.8. The zero-order chi connectivity index (χ0) is 15.3. The predicted octanol–water partition coefficient (Wildman–Crippen LogP) is 1.20. The first-order valence-corrected chi connectivity index (χ1v) is 8.82. The molecule has 0 aliphatic rings. The molecule has 1 rings (SSSR count). The van der Waals surface area contributed by atoms with E-state index < -0.39 is 10.0 Å². The summed E-state index contributed by atoms with van der Waals surface area (Å²) < 4.78 is 31.3. The average molecular weight is 385 g/mol. The van der Waals surface area contributed by atoms with Gasteiger partial charge in [-0.2, -0.15) is 4.31 Å². The first kappa shape index (κ1) is 17.6. The number of ether oxygens (including phenoxy) is 1. The monoisotopic (exact) mass is 384 g/mol. The molecule has 9 heteroatoms. The highest BCUT2D eigenvalue weighted by Crippen LogP contribution is 2.31. The fourth-order valence-corrected chi connectivity index (χ4v) is 5.00. The van der Waals surface area contributed by atoms with Gasteiger partial charge >= 0.3 is 0 Å². The molecule has 0 spiro atoms. The van der Waals surface area contributed by atoms with Crippen LogP contribution in [-0.4, -0.2) is 52.5 Å². The quantitative estimate of drug-likeness (QED) is 0.716. The Hall–Kier alpha value is -0.480. The zero-order valence-electron chi connectivity index (χ0n) is 11.5. The molecule has 114 valence electrons. The molecule has 1 aromatic heterocycles. The largest absolute Gasteiger partial charge is 0.383 e. The van der Waals surface area contributed by atoms with Crippen LogP contribution in [0.2, 0.25) is 0 Å². The van der Waals surface area contributed by atoms with E-state index in [9.17, 15) is 13.2 Å². The topological polar surface area (TPSA) is 75.7 Å². The SMILES string of the molecule is COCCNC(=O)CN(C)S(=O)(=O)c1cc(Br)sc1C. The summed E-state index contributed by atoms with van der Waals surface area (Å²) in [5.41, 5.74) is 0. The minimum absolute atomic E-state index is 0.223. The molecule has 0 aliphatic carbocycles. The van der Waals surface area contributed by atoms with Gasteiger partial charge in [-0.15, -0.1) is 11.3 Å². The van der Waals surface area contributed by atoms with Gasteiger partial charge in [-0.05, 0) is 28.9 Å². The lowest BCUT2D eigenvalue weighted by molar-refractivity contribution is -0.121. The molecule has 0 aliphatic heterocycles. The van der Waals surface area contributed by atoms with Crippen LogP contribution in [-0.2, 0) is 19.6 Å². The second kappa shape index (κ2) is 7.51. The van der Waals surface area contributed by atoms with E-state index >= 15 is 0 Å². The van der Waals surface area contributed by atoms with Crippen LogP contribution in [0.25, 0.3) is 0 Å². The number of halogens is 1. The lowest BCUT2D eigenvalue weighted by atomic mass is 10.5. The van der Waals surface area contributed by atoms with Gasteiger partial charge in [-0.1, -0.05) is 0 Å². The molecule has 1 amide bonds. The Morgan fingerprint density at radius 3 is 2.70 bits per heavy atom. The molecule has 0 saturated heterocycles. The number of carbonyl (C=O) groups is 1. The van der Waals surface area contributed by atoms with E-state index in [0.717, 1.165) is 8.09 Å². The first-order chi connectivity index (χ1) is 9.28. The Morgan fingerprint density at radius 2 is 2.20 bits per heavy atom. The molecule has 1 heterocycles. The van der Waals surface area contributed by atoms with Crippen molar-refractivity contribution in [3.05, 3.63) is 14.7 Å². The molecule has 1 N–H and O–H groups in total. The van der Waals surface area contributed by atoms with E-state index in [1.807, 2.05) is 0 Å². The Labute approximate surface area is 131 Å². The van der Waals surface area contributed by atoms with Gasteiger partial charge in [0.05, 0.1) is 21.8 Å². The number of hydrogen-bond donors (Lipinski definition) is 1. The third-order valence-electron chi connectivity index (χ3n) is 2.53. The fourth-order valence-electron chi connectivity index (χ4n) is 1.49. The predicted molar refractivity (Wildman–Crippen MR) is 81.5 cm³/mol. The summed E-state index contributed by atoms with van der Waals surface area (Å²) in [4.78, 5) is 12.5. The van der Waals surface area contributed by atoms with Crippen molar-refractivity contribution >= 4 is 43.2 Å². The van der Waals surface area contributed by atoms with E-state index in [1.54, 1.807) is 13.0 Å². The van der Waals surface area contributed by atoms with Crippen molar-refractivity contribution in [1.82, 2.24) is 9.62 Å². The van der Waals surface area contributed by atoms with Gasteiger partial charge in [0.15, 0.2) is 0 Å². The summed E-state index contributed by atoms with van der Waals surface area (Å²) in [6.45, 7) is 2.25. The molecule has 20 heavy (non-hydrogen) atoms. The Kier molecular flexibility index (Phi) is 6.59. The van der Waals surface area contributed by atoms with Crippen LogP contribution in [0.3, 0.4) is 0 Å². The Morgan fingerprint density at radius 1 is 1.55 bits per heavy atom. The minimum atomic E-state index is -3.65. The zero-order valence-corrected chi connectivity index (χ0v) is 14.7. The summed E-state index contributed by atoms with van der Waals surface area (Å²) in [5.74, 6) is -0.361. The van der Waals surface area contributed by atoms with E-state index in [0.29, 0.717) is 18.0 Å². The number of sulfonamides is 1. The summed E-state index contributed by atoms with van der Waals surface area (Å²) in [5, 5.41) is 2.58. The van der Waals surface area contributed by atoms with Gasteiger partial charge in [0.25, 0.3) is 0 Å². The van der Waals surface area contributed by atoms with Gasteiger partial charge in [0, 0.05) is 25.6 Å². The van der Waals surface area contributed by atoms with E-state index in [2.05, 4.69) is 21.2 Å². The molecular formula is C11H17BrN2O4S2. The average Bonchev–Trinajstić information content (AvgIpc) is 2.69. The molecule has 0 bridgehead atoms. The minimum Gasteiger partial charge on any atom is -0.383 e. The molecule has 1 aromatic rings. The van der Waals surface area contributed by atoms with Crippen LogP contribution in [0.5, 0.6) is 0 Å². The summed E-state index contributed by atoms with van der Waals surface area (Å²) >= 11 is 4.60. The highest BCUT2D eigenvalue weighted by Gasteiger charge is 2.26. The van der Waals surface area contributed by atoms with Crippen LogP contribution >= 0.6 is 27.3 Å². The maximum atomic E-state index is 12.3. The van der Waals surface area contributed by atoms with E-state index in [1.165, 1.54) is 25.5 Å². The first-order valence-electron chi connectivity index (χ1n) is 5.77. The maximum Gasteiger partial charge on any atom is 0.244 e. The number of methoxy groups -OCH3 is 1. The van der Waals surface area contributed by atoms with Gasteiger partial charge < -0.3 is 10.1 Å². The molecule has 0 unspecified atom stereocenters. The van der Waals surface area contributed by atoms with Crippen LogP contribution in [0.4, 0.5) is 0 Å². The van der Waals surface area contributed by atoms with Crippen LogP contribution in [0.1, 0.15) is 4.88 Å². The third kappa shape index (κ3) is 4.52. The smallest absolute Gasteiger partial charge is 0.244 e. The number of carbonyl (C=O) groups excluding carboxylic acids is 1. The number of thiophene rings is 1. The Bertz CT molecular complexity index is 571. The van der Waals surface area contributed by atoms with Crippen molar-refractivity contribution in [2.45, 2.75) is 11.8 Å². The standard InChI is InChI=1S/C11H17BrN2O4S2/c1-8-9(6-10(12)19-8)20(16,17)14(2)7-11(15)13-4-5-18-3/h6H,4-5,7H2,1-3H3,(H,13,15). The fraction of sp³-hybridized carbons (Fsp3) is 0.545. The van der Waals surface area contributed by atoms with Crippen molar-refractivity contribution < 1.29 is 17.9 Å². The van der Waals surface area contributed by atoms with Gasteiger partial charge in [-0.25, -0.2) is 8.42 Å². The van der Waals surface area contributed by atoms with Crippen LogP contribution in [0, 0.1) is 6.92 Å². The van der Waals surface area contributed by atoms with Crippen molar-refractivity contribution in [2.75, 3.05) is 33.9 Å². The lowest BCUT2D eigenvalue weighted by Crippen LogP contribution is -2.39. The molecule has 0 radical (unpaired) electrons. The van der Waals surface area contributed by atoms with E-state index in [4.69, 9.17) is 4.74 Å². The number of hydrogen-bond acceptors (Lipinski definition) is 5. The molecule has 0 fully saturated rings. The number of likely N-dealkylation sites (N-methyl/N-ethyl adjacent to an activating group) is 1. The highest BCUT2D eigenvalue weighted by molar-refractivity contribution is 9.11. The number of rotatable bonds is 7.